The zero-order chi connectivity index (χ0) is 31.5. The smallest absolute Gasteiger partial charge is 0.154 e. The van der Waals surface area contributed by atoms with Gasteiger partial charge in [0, 0.05) is 25.6 Å². The van der Waals surface area contributed by atoms with Gasteiger partial charge in [-0.2, -0.15) is 0 Å². The lowest BCUT2D eigenvalue weighted by Crippen LogP contribution is -2.54. The molecule has 6 aliphatic rings. The van der Waals surface area contributed by atoms with Gasteiger partial charge in [-0.1, -0.05) is 57.5 Å². The van der Waals surface area contributed by atoms with Crippen LogP contribution in [0.4, 0.5) is 0 Å². The molecule has 0 bridgehead atoms. The molecule has 1 N–H and O–H groups in total. The first kappa shape index (κ1) is 32.3. The third-order valence-corrected chi connectivity index (χ3v) is 15.0. The zero-order valence-corrected chi connectivity index (χ0v) is 29.2. The van der Waals surface area contributed by atoms with E-state index < -0.39 is 0 Å². The number of fused-ring (bicyclic) bond motifs is 7. The second kappa shape index (κ2) is 12.6. The molecule has 13 atom stereocenters. The van der Waals surface area contributed by atoms with Crippen molar-refractivity contribution in [1.82, 2.24) is 10.2 Å². The summed E-state index contributed by atoms with van der Waals surface area (Å²) in [5, 5.41) is 3.42. The van der Waals surface area contributed by atoms with E-state index in [1.807, 2.05) is 0 Å². The minimum absolute atomic E-state index is 0.0306. The highest BCUT2D eigenvalue weighted by Gasteiger charge is 2.65. The molecule has 1 aromatic carbocycles. The number of aryl methyl sites for hydroxylation is 1. The number of hydrogen-bond acceptors (Lipinski definition) is 5. The van der Waals surface area contributed by atoms with E-state index in [0.717, 1.165) is 62.8 Å². The standard InChI is InChI=1S/C40H62N2O3/c1-25-7-10-28(11-8-25)24-44-30-15-17-39(4)29(21-30)12-13-31-32(39)16-18-40(5)33(31)22-36-37(40)27(3)35(45-36)14-9-26(2)38(43)34-23-41-19-20-42(34)6/h7-8,10-11,26-27,29-37,41H,9,12-24H2,1-6H3/t26-,27+,29+,30-,31+,32-,33-,34?,35+,36-,37-,39-,40-/m0/s1. The van der Waals surface area contributed by atoms with E-state index in [9.17, 15) is 4.79 Å². The van der Waals surface area contributed by atoms with Crippen molar-refractivity contribution in [3.63, 3.8) is 0 Å². The Kier molecular flexibility index (Phi) is 9.07. The summed E-state index contributed by atoms with van der Waals surface area (Å²) < 4.78 is 13.5. The predicted molar refractivity (Wildman–Crippen MR) is 181 cm³/mol. The Bertz CT molecular complexity index is 1200. The number of Topliss-reactive ketones (excluding diaryl/α,β-unsaturated/α-hetero) is 1. The molecule has 2 saturated heterocycles. The van der Waals surface area contributed by atoms with Crippen molar-refractivity contribution in [2.24, 2.45) is 52.3 Å². The number of benzene rings is 1. The number of carbonyl (C=O) groups excluding carboxylic acids is 1. The number of likely N-dealkylation sites (N-methyl/N-ethyl adjacent to an activating group) is 1. The molecule has 45 heavy (non-hydrogen) atoms. The lowest BCUT2D eigenvalue weighted by molar-refractivity contribution is -0.139. The average Bonchev–Trinajstić information content (AvgIpc) is 3.52. The van der Waals surface area contributed by atoms with Crippen molar-refractivity contribution in [3.8, 4) is 0 Å². The maximum absolute atomic E-state index is 13.3. The SMILES string of the molecule is Cc1ccc(CO[C@H]2CC[C@@]3(C)[C@H](CC[C@@H]4[C@@H]3CC[C@]3(C)[C@H]5[C@H](C)[C@@H](CC[C@H](C)C(=O)C6CNCCN6C)O[C@H]5C[C@@H]43)C2)cc1. The second-order valence-electron chi connectivity index (χ2n) is 17.3. The Morgan fingerprint density at radius 1 is 1.07 bits per heavy atom. The molecule has 0 aromatic heterocycles. The molecule has 2 aliphatic heterocycles. The van der Waals surface area contributed by atoms with Gasteiger partial charge in [-0.05, 0) is 130 Å². The number of carbonyl (C=O) groups is 1. The molecule has 5 nitrogen and oxygen atoms in total. The number of nitrogens with zero attached hydrogens (tertiary/aromatic N) is 1. The van der Waals surface area contributed by atoms with E-state index in [2.05, 4.69) is 76.1 Å². The maximum atomic E-state index is 13.3. The summed E-state index contributed by atoms with van der Waals surface area (Å²) in [5.41, 5.74) is 3.52. The van der Waals surface area contributed by atoms with Crippen molar-refractivity contribution in [2.45, 2.75) is 130 Å². The highest BCUT2D eigenvalue weighted by atomic mass is 16.5. The quantitative estimate of drug-likeness (QED) is 0.328. The van der Waals surface area contributed by atoms with Gasteiger partial charge in [0.2, 0.25) is 0 Å². The third kappa shape index (κ3) is 5.78. The van der Waals surface area contributed by atoms with Crippen LogP contribution in [0.2, 0.25) is 0 Å². The van der Waals surface area contributed by atoms with Gasteiger partial charge in [0.05, 0.1) is 31.0 Å². The number of ketones is 1. The summed E-state index contributed by atoms with van der Waals surface area (Å²) in [6, 6.07) is 8.90. The van der Waals surface area contributed by atoms with Gasteiger partial charge in [-0.15, -0.1) is 0 Å². The Balaban J connectivity index is 0.948. The molecule has 7 rings (SSSR count). The van der Waals surface area contributed by atoms with E-state index in [1.54, 1.807) is 0 Å². The van der Waals surface area contributed by atoms with Gasteiger partial charge in [-0.25, -0.2) is 0 Å². The Morgan fingerprint density at radius 2 is 1.84 bits per heavy atom. The third-order valence-electron chi connectivity index (χ3n) is 15.0. The van der Waals surface area contributed by atoms with E-state index in [0.29, 0.717) is 46.8 Å². The molecule has 1 unspecified atom stereocenters. The first-order valence-electron chi connectivity index (χ1n) is 18.9. The van der Waals surface area contributed by atoms with Gasteiger partial charge in [-0.3, -0.25) is 9.69 Å². The van der Waals surface area contributed by atoms with Crippen LogP contribution in [-0.4, -0.2) is 61.7 Å². The molecule has 4 saturated carbocycles. The van der Waals surface area contributed by atoms with Crippen LogP contribution in [-0.2, 0) is 20.9 Å². The topological polar surface area (TPSA) is 50.8 Å². The molecule has 0 amide bonds. The monoisotopic (exact) mass is 618 g/mol. The van der Waals surface area contributed by atoms with Crippen LogP contribution in [0.5, 0.6) is 0 Å². The first-order valence-corrected chi connectivity index (χ1v) is 18.9. The molecule has 0 radical (unpaired) electrons. The van der Waals surface area contributed by atoms with E-state index in [-0.39, 0.29) is 12.0 Å². The van der Waals surface area contributed by atoms with Crippen molar-refractivity contribution in [2.75, 3.05) is 26.7 Å². The lowest BCUT2D eigenvalue weighted by atomic mass is 9.44. The van der Waals surface area contributed by atoms with Gasteiger partial charge in [0.15, 0.2) is 5.78 Å². The highest BCUT2D eigenvalue weighted by molar-refractivity contribution is 5.86. The van der Waals surface area contributed by atoms with Crippen LogP contribution < -0.4 is 5.32 Å². The largest absolute Gasteiger partial charge is 0.374 e. The van der Waals surface area contributed by atoms with Crippen LogP contribution in [0.3, 0.4) is 0 Å². The Labute approximate surface area is 274 Å². The Hall–Kier alpha value is -1.27. The molecular weight excluding hydrogens is 556 g/mol. The number of rotatable bonds is 8. The molecule has 0 spiro atoms. The van der Waals surface area contributed by atoms with Gasteiger partial charge >= 0.3 is 0 Å². The summed E-state index contributed by atoms with van der Waals surface area (Å²) in [7, 11) is 2.10. The van der Waals surface area contributed by atoms with Crippen LogP contribution in [0.25, 0.3) is 0 Å². The molecular formula is C40H62N2O3. The van der Waals surface area contributed by atoms with Gasteiger partial charge in [0.25, 0.3) is 0 Å². The summed E-state index contributed by atoms with van der Waals surface area (Å²) >= 11 is 0. The highest BCUT2D eigenvalue weighted by Crippen LogP contribution is 2.70. The molecule has 6 fully saturated rings. The lowest BCUT2D eigenvalue weighted by Gasteiger charge is -2.61. The van der Waals surface area contributed by atoms with Crippen LogP contribution >= 0.6 is 0 Å². The average molecular weight is 619 g/mol. The fourth-order valence-corrected chi connectivity index (χ4v) is 12.3. The van der Waals surface area contributed by atoms with Crippen LogP contribution in [0.1, 0.15) is 103 Å². The number of ether oxygens (including phenoxy) is 2. The molecule has 1 aromatic rings. The van der Waals surface area contributed by atoms with Crippen molar-refractivity contribution in [1.29, 1.82) is 0 Å². The minimum Gasteiger partial charge on any atom is -0.374 e. The maximum Gasteiger partial charge on any atom is 0.154 e. The summed E-state index contributed by atoms with van der Waals surface area (Å²) in [6.07, 6.45) is 13.9. The number of piperazine rings is 1. The predicted octanol–water partition coefficient (Wildman–Crippen LogP) is 7.44. The minimum atomic E-state index is 0.0306. The fraction of sp³-hybridized carbons (Fsp3) is 0.825. The molecule has 250 valence electrons. The summed E-state index contributed by atoms with van der Waals surface area (Å²) in [6.45, 7) is 15.7. The zero-order valence-electron chi connectivity index (χ0n) is 29.2. The Morgan fingerprint density at radius 3 is 2.62 bits per heavy atom. The number of hydrogen-bond donors (Lipinski definition) is 1. The van der Waals surface area contributed by atoms with E-state index in [4.69, 9.17) is 9.47 Å². The first-order chi connectivity index (χ1) is 21.6. The van der Waals surface area contributed by atoms with Gasteiger partial charge < -0.3 is 14.8 Å². The van der Waals surface area contributed by atoms with Crippen molar-refractivity contribution in [3.05, 3.63) is 35.4 Å². The second-order valence-corrected chi connectivity index (χ2v) is 17.3. The van der Waals surface area contributed by atoms with Gasteiger partial charge in [0.1, 0.15) is 0 Å². The van der Waals surface area contributed by atoms with Crippen LogP contribution in [0.15, 0.2) is 24.3 Å². The van der Waals surface area contributed by atoms with Crippen LogP contribution in [0, 0.1) is 59.2 Å². The normalized spacial score (nSPS) is 45.3. The van der Waals surface area contributed by atoms with E-state index in [1.165, 1.54) is 62.5 Å². The summed E-state index contributed by atoms with van der Waals surface area (Å²) in [4.78, 5) is 15.5. The fourth-order valence-electron chi connectivity index (χ4n) is 12.3. The summed E-state index contributed by atoms with van der Waals surface area (Å²) in [5.74, 6) is 5.17. The molecule has 4 aliphatic carbocycles. The number of nitrogens with one attached hydrogen (secondary N) is 1. The molecule has 5 heteroatoms. The van der Waals surface area contributed by atoms with E-state index >= 15 is 0 Å². The molecule has 2 heterocycles. The van der Waals surface area contributed by atoms with Crippen molar-refractivity contribution >= 4 is 5.78 Å². The van der Waals surface area contributed by atoms with Crippen molar-refractivity contribution < 1.29 is 14.3 Å².